The molecule has 0 bridgehead atoms. The van der Waals surface area contributed by atoms with Gasteiger partial charge in [-0.1, -0.05) is 42.8 Å². The quantitative estimate of drug-likeness (QED) is 0.775. The summed E-state index contributed by atoms with van der Waals surface area (Å²) >= 11 is 0. The van der Waals surface area contributed by atoms with Gasteiger partial charge in [0.1, 0.15) is 5.75 Å². The van der Waals surface area contributed by atoms with Gasteiger partial charge in [-0.3, -0.25) is 9.69 Å². The number of aryl methyl sites for hydroxylation is 2. The number of carbonyl (C=O) groups excluding carboxylic acids is 1. The molecule has 1 fully saturated rings. The maximum Gasteiger partial charge on any atom is 0.261 e. The van der Waals surface area contributed by atoms with Crippen molar-refractivity contribution >= 4 is 5.91 Å². The molecule has 0 spiro atoms. The van der Waals surface area contributed by atoms with Crippen LogP contribution in [-0.4, -0.2) is 30.0 Å². The van der Waals surface area contributed by atoms with Gasteiger partial charge in [-0.15, -0.1) is 0 Å². The Morgan fingerprint density at radius 2 is 1.82 bits per heavy atom. The first-order valence-corrected chi connectivity index (χ1v) is 10.3. The summed E-state index contributed by atoms with van der Waals surface area (Å²) in [5, 5.41) is 3.01. The van der Waals surface area contributed by atoms with E-state index in [1.807, 2.05) is 32.0 Å². The number of piperidine rings is 1. The summed E-state index contributed by atoms with van der Waals surface area (Å²) < 4.78 is 5.88. The van der Waals surface area contributed by atoms with Gasteiger partial charge >= 0.3 is 0 Å². The van der Waals surface area contributed by atoms with E-state index in [1.165, 1.54) is 37.9 Å². The van der Waals surface area contributed by atoms with Crippen LogP contribution in [0, 0.1) is 13.8 Å². The van der Waals surface area contributed by atoms with Crippen LogP contribution >= 0.6 is 0 Å². The molecule has 0 aromatic heterocycles. The van der Waals surface area contributed by atoms with Crippen LogP contribution in [0.25, 0.3) is 0 Å². The van der Waals surface area contributed by atoms with Gasteiger partial charge in [-0.05, 0) is 75.0 Å². The van der Waals surface area contributed by atoms with Crippen molar-refractivity contribution in [1.29, 1.82) is 0 Å². The molecule has 1 aliphatic heterocycles. The van der Waals surface area contributed by atoms with Crippen molar-refractivity contribution in [2.75, 3.05) is 13.1 Å². The lowest BCUT2D eigenvalue weighted by Gasteiger charge is -2.26. The van der Waals surface area contributed by atoms with E-state index in [2.05, 4.69) is 34.5 Å². The highest BCUT2D eigenvalue weighted by atomic mass is 16.5. The molecule has 1 saturated heterocycles. The lowest BCUT2D eigenvalue weighted by atomic mass is 10.1. The third-order valence-electron chi connectivity index (χ3n) is 5.33. The Morgan fingerprint density at radius 1 is 1.07 bits per heavy atom. The molecule has 4 nitrogen and oxygen atoms in total. The molecule has 2 aromatic carbocycles. The number of nitrogens with one attached hydrogen (secondary N) is 1. The topological polar surface area (TPSA) is 41.6 Å². The highest BCUT2D eigenvalue weighted by molar-refractivity contribution is 5.80. The fourth-order valence-electron chi connectivity index (χ4n) is 3.62. The number of amides is 1. The summed E-state index contributed by atoms with van der Waals surface area (Å²) in [5.74, 6) is 0.675. The van der Waals surface area contributed by atoms with Crippen LogP contribution in [0.4, 0.5) is 0 Å². The lowest BCUT2D eigenvalue weighted by Crippen LogP contribution is -2.36. The summed E-state index contributed by atoms with van der Waals surface area (Å²) in [4.78, 5) is 15.0. The van der Waals surface area contributed by atoms with E-state index in [0.29, 0.717) is 6.54 Å². The molecule has 1 aliphatic rings. The Bertz CT molecular complexity index is 797. The Hall–Kier alpha value is -2.33. The van der Waals surface area contributed by atoms with Crippen molar-refractivity contribution in [2.24, 2.45) is 0 Å². The molecule has 0 aliphatic carbocycles. The van der Waals surface area contributed by atoms with E-state index in [4.69, 9.17) is 4.74 Å². The molecule has 2 aromatic rings. The number of carbonyl (C=O) groups is 1. The second-order valence-corrected chi connectivity index (χ2v) is 7.90. The second-order valence-electron chi connectivity index (χ2n) is 7.90. The molecule has 1 atom stereocenters. The van der Waals surface area contributed by atoms with E-state index >= 15 is 0 Å². The average molecular weight is 381 g/mol. The monoisotopic (exact) mass is 380 g/mol. The SMILES string of the molecule is Cc1ccc(C)c(OC(C)C(=O)NCc2cccc(CN3CCCCC3)c2)c1. The summed E-state index contributed by atoms with van der Waals surface area (Å²) in [6.07, 6.45) is 3.42. The van der Waals surface area contributed by atoms with Crippen LogP contribution in [0.2, 0.25) is 0 Å². The zero-order valence-corrected chi connectivity index (χ0v) is 17.3. The predicted octanol–water partition coefficient (Wildman–Crippen LogP) is 4.37. The van der Waals surface area contributed by atoms with Crippen LogP contribution in [0.1, 0.15) is 48.4 Å². The second kappa shape index (κ2) is 9.74. The predicted molar refractivity (Wildman–Crippen MR) is 113 cm³/mol. The third kappa shape index (κ3) is 5.83. The molecule has 4 heteroatoms. The van der Waals surface area contributed by atoms with Gasteiger partial charge in [0.05, 0.1) is 0 Å². The van der Waals surface area contributed by atoms with Crippen molar-refractivity contribution in [3.8, 4) is 5.75 Å². The Morgan fingerprint density at radius 3 is 2.61 bits per heavy atom. The fourth-order valence-corrected chi connectivity index (χ4v) is 3.62. The first-order chi connectivity index (χ1) is 13.5. The highest BCUT2D eigenvalue weighted by Crippen LogP contribution is 2.20. The Labute approximate surface area is 168 Å². The van der Waals surface area contributed by atoms with Gasteiger partial charge in [0, 0.05) is 13.1 Å². The van der Waals surface area contributed by atoms with Crippen molar-refractivity contribution in [3.63, 3.8) is 0 Å². The standard InChI is InChI=1S/C24H32N2O2/c1-18-10-11-19(2)23(14-18)28-20(3)24(27)25-16-21-8-7-9-22(15-21)17-26-12-5-4-6-13-26/h7-11,14-15,20H,4-6,12-13,16-17H2,1-3H3,(H,25,27). The molecule has 0 saturated carbocycles. The largest absolute Gasteiger partial charge is 0.481 e. The van der Waals surface area contributed by atoms with Gasteiger partial charge < -0.3 is 10.1 Å². The summed E-state index contributed by atoms with van der Waals surface area (Å²) in [6.45, 7) is 9.70. The van der Waals surface area contributed by atoms with Crippen LogP contribution in [0.5, 0.6) is 5.75 Å². The van der Waals surface area contributed by atoms with Crippen LogP contribution in [0.15, 0.2) is 42.5 Å². The summed E-state index contributed by atoms with van der Waals surface area (Å²) in [6, 6.07) is 14.6. The number of benzene rings is 2. The number of hydrogen-bond donors (Lipinski definition) is 1. The summed E-state index contributed by atoms with van der Waals surface area (Å²) in [5.41, 5.74) is 4.60. The molecule has 150 valence electrons. The minimum absolute atomic E-state index is 0.0951. The number of nitrogens with zero attached hydrogens (tertiary/aromatic N) is 1. The lowest BCUT2D eigenvalue weighted by molar-refractivity contribution is -0.127. The van der Waals surface area contributed by atoms with Gasteiger partial charge in [0.15, 0.2) is 6.10 Å². The zero-order valence-electron chi connectivity index (χ0n) is 17.3. The Balaban J connectivity index is 1.52. The number of ether oxygens (including phenoxy) is 1. The summed E-state index contributed by atoms with van der Waals surface area (Å²) in [7, 11) is 0. The van der Waals surface area contributed by atoms with Crippen LogP contribution in [-0.2, 0) is 17.9 Å². The van der Waals surface area contributed by atoms with E-state index in [0.717, 1.165) is 29.0 Å². The minimum atomic E-state index is -0.531. The fraction of sp³-hybridized carbons (Fsp3) is 0.458. The van der Waals surface area contributed by atoms with Crippen molar-refractivity contribution < 1.29 is 9.53 Å². The molecular formula is C24H32N2O2. The van der Waals surface area contributed by atoms with E-state index in [-0.39, 0.29) is 5.91 Å². The molecule has 1 unspecified atom stereocenters. The molecule has 28 heavy (non-hydrogen) atoms. The number of likely N-dealkylation sites (tertiary alicyclic amines) is 1. The number of rotatable bonds is 7. The first-order valence-electron chi connectivity index (χ1n) is 10.3. The van der Waals surface area contributed by atoms with Crippen molar-refractivity contribution in [3.05, 3.63) is 64.7 Å². The van der Waals surface area contributed by atoms with Crippen LogP contribution < -0.4 is 10.1 Å². The van der Waals surface area contributed by atoms with Gasteiger partial charge in [-0.2, -0.15) is 0 Å². The highest BCUT2D eigenvalue weighted by Gasteiger charge is 2.16. The van der Waals surface area contributed by atoms with Crippen molar-refractivity contribution in [2.45, 2.75) is 59.2 Å². The van der Waals surface area contributed by atoms with Gasteiger partial charge in [-0.25, -0.2) is 0 Å². The average Bonchev–Trinajstić information content (AvgIpc) is 2.70. The molecule has 3 rings (SSSR count). The normalized spacial score (nSPS) is 15.8. The molecule has 1 N–H and O–H groups in total. The molecule has 1 amide bonds. The first kappa shape index (κ1) is 20.4. The molecule has 0 radical (unpaired) electrons. The van der Waals surface area contributed by atoms with Crippen molar-refractivity contribution in [1.82, 2.24) is 10.2 Å². The van der Waals surface area contributed by atoms with E-state index in [9.17, 15) is 4.79 Å². The smallest absolute Gasteiger partial charge is 0.261 e. The maximum absolute atomic E-state index is 12.5. The Kier molecular flexibility index (Phi) is 7.10. The van der Waals surface area contributed by atoms with Gasteiger partial charge in [0.25, 0.3) is 5.91 Å². The third-order valence-corrected chi connectivity index (χ3v) is 5.33. The minimum Gasteiger partial charge on any atom is -0.481 e. The molecular weight excluding hydrogens is 348 g/mol. The van der Waals surface area contributed by atoms with E-state index < -0.39 is 6.10 Å². The van der Waals surface area contributed by atoms with E-state index in [1.54, 1.807) is 6.92 Å². The molecule has 1 heterocycles. The maximum atomic E-state index is 12.5. The van der Waals surface area contributed by atoms with Gasteiger partial charge in [0.2, 0.25) is 0 Å². The van der Waals surface area contributed by atoms with Crippen LogP contribution in [0.3, 0.4) is 0 Å². The zero-order chi connectivity index (χ0) is 19.9. The number of hydrogen-bond acceptors (Lipinski definition) is 3.